The van der Waals surface area contributed by atoms with Gasteiger partial charge in [-0.05, 0) is 18.1 Å². The van der Waals surface area contributed by atoms with Gasteiger partial charge < -0.3 is 4.42 Å². The summed E-state index contributed by atoms with van der Waals surface area (Å²) in [7, 11) is 0. The highest BCUT2D eigenvalue weighted by Crippen LogP contribution is 2.17. The average Bonchev–Trinajstić information content (AvgIpc) is 2.26. The maximum absolute atomic E-state index is 11.1. The molecule has 0 aliphatic heterocycles. The first kappa shape index (κ1) is 9.47. The maximum Gasteiger partial charge on any atom is 0.336 e. The van der Waals surface area contributed by atoms with Gasteiger partial charge in [0, 0.05) is 17.9 Å². The molecule has 0 atom stereocenters. The minimum atomic E-state index is -0.355. The van der Waals surface area contributed by atoms with Crippen LogP contribution in [-0.2, 0) is 6.42 Å². The molecule has 1 aromatic heterocycles. The van der Waals surface area contributed by atoms with Gasteiger partial charge in [0.2, 0.25) is 0 Å². The van der Waals surface area contributed by atoms with Crippen molar-refractivity contribution in [2.24, 2.45) is 0 Å². The molecule has 0 saturated heterocycles. The Bertz CT molecular complexity index is 578. The summed E-state index contributed by atoms with van der Waals surface area (Å²) in [6.07, 6.45) is 1.04. The van der Waals surface area contributed by atoms with Crippen LogP contribution in [0.25, 0.3) is 11.0 Å². The summed E-state index contributed by atoms with van der Waals surface area (Å²) in [5.41, 5.74) is 1.15. The number of rotatable bonds is 2. The van der Waals surface area contributed by atoms with E-state index < -0.39 is 0 Å². The quantitative estimate of drug-likeness (QED) is 0.697. The van der Waals surface area contributed by atoms with Crippen molar-refractivity contribution in [3.05, 3.63) is 46.3 Å². The number of nitriles is 1. The first-order valence-corrected chi connectivity index (χ1v) is 4.70. The Morgan fingerprint density at radius 3 is 2.93 bits per heavy atom. The summed E-state index contributed by atoms with van der Waals surface area (Å²) in [5, 5.41) is 9.41. The van der Waals surface area contributed by atoms with Gasteiger partial charge in [0.25, 0.3) is 0 Å². The number of aryl methyl sites for hydroxylation is 1. The van der Waals surface area contributed by atoms with Gasteiger partial charge in [-0.3, -0.25) is 0 Å². The molecular weight excluding hydrogens is 190 g/mol. The molecule has 1 aromatic carbocycles. The van der Waals surface area contributed by atoms with Crippen LogP contribution in [0.2, 0.25) is 0 Å². The molecule has 0 radical (unpaired) electrons. The van der Waals surface area contributed by atoms with Gasteiger partial charge in [-0.1, -0.05) is 18.2 Å². The third-order valence-electron chi connectivity index (χ3n) is 2.23. The minimum absolute atomic E-state index is 0.355. The molecule has 74 valence electrons. The summed E-state index contributed by atoms with van der Waals surface area (Å²) < 4.78 is 5.12. The van der Waals surface area contributed by atoms with E-state index in [1.165, 1.54) is 6.07 Å². The fraction of sp³-hybridized carbons (Fsp3) is 0.167. The van der Waals surface area contributed by atoms with Crippen LogP contribution >= 0.6 is 0 Å². The van der Waals surface area contributed by atoms with Crippen molar-refractivity contribution in [2.75, 3.05) is 0 Å². The number of hydrogen-bond acceptors (Lipinski definition) is 3. The molecule has 15 heavy (non-hydrogen) atoms. The normalized spacial score (nSPS) is 10.1. The maximum atomic E-state index is 11.1. The molecule has 0 saturated carbocycles. The average molecular weight is 199 g/mol. The Hall–Kier alpha value is -2.08. The van der Waals surface area contributed by atoms with Gasteiger partial charge in [0.15, 0.2) is 0 Å². The molecule has 0 bridgehead atoms. The van der Waals surface area contributed by atoms with Crippen molar-refractivity contribution < 1.29 is 4.42 Å². The number of nitrogens with zero attached hydrogens (tertiary/aromatic N) is 1. The fourth-order valence-corrected chi connectivity index (χ4v) is 1.54. The molecule has 0 fully saturated rings. The molecule has 3 nitrogen and oxygen atoms in total. The van der Waals surface area contributed by atoms with Crippen LogP contribution in [0.3, 0.4) is 0 Å². The van der Waals surface area contributed by atoms with Gasteiger partial charge in [-0.2, -0.15) is 5.26 Å². The Balaban J connectivity index is 2.59. The molecule has 0 amide bonds. The van der Waals surface area contributed by atoms with Gasteiger partial charge in [0.05, 0.1) is 6.07 Å². The second-order valence-electron chi connectivity index (χ2n) is 3.25. The van der Waals surface area contributed by atoms with Gasteiger partial charge in [-0.15, -0.1) is 0 Å². The van der Waals surface area contributed by atoms with Crippen molar-refractivity contribution in [2.45, 2.75) is 12.8 Å². The molecule has 2 rings (SSSR count). The highest BCUT2D eigenvalue weighted by atomic mass is 16.4. The van der Waals surface area contributed by atoms with Gasteiger partial charge in [-0.25, -0.2) is 4.79 Å². The van der Waals surface area contributed by atoms with E-state index in [1.807, 2.05) is 18.2 Å². The lowest BCUT2D eigenvalue weighted by Crippen LogP contribution is -1.96. The zero-order chi connectivity index (χ0) is 10.7. The topological polar surface area (TPSA) is 54.0 Å². The van der Waals surface area contributed by atoms with Crippen LogP contribution in [0.1, 0.15) is 12.0 Å². The second-order valence-corrected chi connectivity index (χ2v) is 3.25. The van der Waals surface area contributed by atoms with Crippen LogP contribution < -0.4 is 5.63 Å². The molecule has 2 aromatic rings. The Morgan fingerprint density at radius 2 is 2.13 bits per heavy atom. The van der Waals surface area contributed by atoms with E-state index in [2.05, 4.69) is 6.07 Å². The number of para-hydroxylation sites is 1. The third kappa shape index (κ3) is 1.89. The lowest BCUT2D eigenvalue weighted by Gasteiger charge is -2.01. The summed E-state index contributed by atoms with van der Waals surface area (Å²) in [4.78, 5) is 11.1. The number of hydrogen-bond donors (Lipinski definition) is 0. The Morgan fingerprint density at radius 1 is 1.27 bits per heavy atom. The molecule has 3 heteroatoms. The summed E-state index contributed by atoms with van der Waals surface area (Å²) in [5.74, 6) is 0. The van der Waals surface area contributed by atoms with Crippen molar-refractivity contribution in [3.8, 4) is 6.07 Å². The molecular formula is C12H9NO2. The van der Waals surface area contributed by atoms with E-state index >= 15 is 0 Å². The summed E-state index contributed by atoms with van der Waals surface area (Å²) in [6.45, 7) is 0. The lowest BCUT2D eigenvalue weighted by molar-refractivity contribution is 0.557. The summed E-state index contributed by atoms with van der Waals surface area (Å²) in [6, 6.07) is 10.9. The second kappa shape index (κ2) is 3.97. The van der Waals surface area contributed by atoms with Gasteiger partial charge >= 0.3 is 5.63 Å². The summed E-state index contributed by atoms with van der Waals surface area (Å²) >= 11 is 0. The predicted molar refractivity (Wildman–Crippen MR) is 56.4 cm³/mol. The third-order valence-corrected chi connectivity index (χ3v) is 2.23. The monoisotopic (exact) mass is 199 g/mol. The lowest BCUT2D eigenvalue weighted by atomic mass is 10.1. The molecule has 0 N–H and O–H groups in total. The molecule has 0 aliphatic rings. The Labute approximate surface area is 86.6 Å². The predicted octanol–water partition coefficient (Wildman–Crippen LogP) is 2.25. The highest BCUT2D eigenvalue weighted by molar-refractivity contribution is 5.79. The van der Waals surface area contributed by atoms with Crippen LogP contribution in [0, 0.1) is 11.3 Å². The van der Waals surface area contributed by atoms with Crippen molar-refractivity contribution in [1.29, 1.82) is 5.26 Å². The van der Waals surface area contributed by atoms with Crippen LogP contribution in [0.4, 0.5) is 0 Å². The minimum Gasteiger partial charge on any atom is -0.422 e. The van der Waals surface area contributed by atoms with Crippen LogP contribution in [0.15, 0.2) is 39.5 Å². The smallest absolute Gasteiger partial charge is 0.336 e. The standard InChI is InChI=1S/C12H9NO2/c13-8-2-5-9-3-1-4-10-6-7-11(14)15-12(9)10/h1,3-4,6-7H,2,5H2. The zero-order valence-electron chi connectivity index (χ0n) is 8.06. The van der Waals surface area contributed by atoms with Crippen molar-refractivity contribution in [3.63, 3.8) is 0 Å². The van der Waals surface area contributed by atoms with E-state index in [4.69, 9.17) is 9.68 Å². The molecule has 0 aliphatic carbocycles. The SMILES string of the molecule is N#CCCc1cccc2ccc(=O)oc12. The first-order valence-electron chi connectivity index (χ1n) is 4.70. The van der Waals surface area contributed by atoms with E-state index in [0.29, 0.717) is 18.4 Å². The zero-order valence-corrected chi connectivity index (χ0v) is 8.06. The highest BCUT2D eigenvalue weighted by Gasteiger charge is 2.03. The fourth-order valence-electron chi connectivity index (χ4n) is 1.54. The van der Waals surface area contributed by atoms with E-state index in [1.54, 1.807) is 6.07 Å². The van der Waals surface area contributed by atoms with E-state index in [9.17, 15) is 4.79 Å². The van der Waals surface area contributed by atoms with E-state index in [0.717, 1.165) is 10.9 Å². The largest absolute Gasteiger partial charge is 0.422 e. The van der Waals surface area contributed by atoms with Crippen molar-refractivity contribution >= 4 is 11.0 Å². The van der Waals surface area contributed by atoms with E-state index in [-0.39, 0.29) is 5.63 Å². The van der Waals surface area contributed by atoms with Crippen LogP contribution in [-0.4, -0.2) is 0 Å². The first-order chi connectivity index (χ1) is 7.31. The van der Waals surface area contributed by atoms with Crippen molar-refractivity contribution in [1.82, 2.24) is 0 Å². The number of benzene rings is 1. The van der Waals surface area contributed by atoms with Gasteiger partial charge in [0.1, 0.15) is 5.58 Å². The molecule has 0 unspecified atom stereocenters. The molecule has 0 spiro atoms. The van der Waals surface area contributed by atoms with Crippen LogP contribution in [0.5, 0.6) is 0 Å². The molecule has 1 heterocycles. The number of fused-ring (bicyclic) bond motifs is 1. The Kier molecular flexibility index (Phi) is 2.51.